The van der Waals surface area contributed by atoms with Crippen molar-refractivity contribution in [1.82, 2.24) is 4.90 Å². The Kier molecular flexibility index (Phi) is 5.27. The van der Waals surface area contributed by atoms with E-state index in [1.54, 1.807) is 11.8 Å². The lowest BCUT2D eigenvalue weighted by Gasteiger charge is -2.34. The second kappa shape index (κ2) is 6.97. The van der Waals surface area contributed by atoms with Crippen LogP contribution in [0.4, 0.5) is 5.69 Å². The topological polar surface area (TPSA) is 32.3 Å². The quantitative estimate of drug-likeness (QED) is 0.911. The lowest BCUT2D eigenvalue weighted by atomic mass is 9.80. The molecule has 3 nitrogen and oxygen atoms in total. The van der Waals surface area contributed by atoms with Crippen LogP contribution in [0.25, 0.3) is 0 Å². The summed E-state index contributed by atoms with van der Waals surface area (Å²) in [4.78, 5) is 13.2. The first-order valence-electron chi connectivity index (χ1n) is 8.03. The Bertz CT molecular complexity index is 486. The first-order chi connectivity index (χ1) is 9.97. The molecule has 1 amide bonds. The molecule has 1 fully saturated rings. The Labute approximate surface area is 128 Å². The van der Waals surface area contributed by atoms with Crippen molar-refractivity contribution in [3.8, 4) is 0 Å². The largest absolute Gasteiger partial charge is 0.382 e. The van der Waals surface area contributed by atoms with Crippen LogP contribution in [0, 0.1) is 11.8 Å². The zero-order valence-corrected chi connectivity index (χ0v) is 13.7. The molecule has 1 aliphatic carbocycles. The van der Waals surface area contributed by atoms with Gasteiger partial charge >= 0.3 is 0 Å². The summed E-state index contributed by atoms with van der Waals surface area (Å²) < 4.78 is 0. The van der Waals surface area contributed by atoms with Crippen LogP contribution in [0.1, 0.15) is 45.6 Å². The highest BCUT2D eigenvalue weighted by Gasteiger charge is 2.25. The highest BCUT2D eigenvalue weighted by Crippen LogP contribution is 2.31. The number of para-hydroxylation sites is 1. The number of carbonyl (C=O) groups is 1. The summed E-state index contributed by atoms with van der Waals surface area (Å²) in [6.07, 6.45) is 3.88. The minimum absolute atomic E-state index is 0.101. The summed E-state index contributed by atoms with van der Waals surface area (Å²) in [5.41, 5.74) is 2.37. The molecule has 0 radical (unpaired) electrons. The average Bonchev–Trinajstić information content (AvgIpc) is 2.44. The van der Waals surface area contributed by atoms with Crippen molar-refractivity contribution in [2.24, 2.45) is 11.8 Å². The van der Waals surface area contributed by atoms with E-state index in [0.717, 1.165) is 5.92 Å². The Morgan fingerprint density at radius 3 is 2.71 bits per heavy atom. The normalized spacial score (nSPS) is 25.4. The summed E-state index contributed by atoms with van der Waals surface area (Å²) in [6, 6.07) is 8.89. The van der Waals surface area contributed by atoms with Gasteiger partial charge in [-0.2, -0.15) is 0 Å². The van der Waals surface area contributed by atoms with Crippen LogP contribution in [0.15, 0.2) is 24.3 Å². The Morgan fingerprint density at radius 2 is 2.00 bits per heavy atom. The maximum atomic E-state index is 11.4. The molecule has 116 valence electrons. The molecule has 0 aromatic heterocycles. The highest BCUT2D eigenvalue weighted by molar-refractivity contribution is 5.73. The molecule has 1 aliphatic rings. The fourth-order valence-corrected chi connectivity index (χ4v) is 3.10. The fraction of sp³-hybridized carbons (Fsp3) is 0.611. The lowest BCUT2D eigenvalue weighted by Crippen LogP contribution is -2.34. The van der Waals surface area contributed by atoms with Gasteiger partial charge in [0.2, 0.25) is 5.91 Å². The first-order valence-corrected chi connectivity index (χ1v) is 8.03. The molecule has 3 atom stereocenters. The predicted molar refractivity (Wildman–Crippen MR) is 88.2 cm³/mol. The molecule has 3 unspecified atom stereocenters. The van der Waals surface area contributed by atoms with Crippen molar-refractivity contribution in [3.05, 3.63) is 29.8 Å². The minimum atomic E-state index is 0.101. The van der Waals surface area contributed by atoms with Crippen molar-refractivity contribution < 1.29 is 4.79 Å². The Balaban J connectivity index is 2.10. The van der Waals surface area contributed by atoms with Crippen LogP contribution in [0.5, 0.6) is 0 Å². The molecule has 0 saturated heterocycles. The van der Waals surface area contributed by atoms with Gasteiger partial charge in [-0.15, -0.1) is 0 Å². The first kappa shape index (κ1) is 15.9. The summed E-state index contributed by atoms with van der Waals surface area (Å²) in [5, 5.41) is 3.74. The molecular formula is C18H28N2O. The second-order valence-corrected chi connectivity index (χ2v) is 6.68. The van der Waals surface area contributed by atoms with E-state index in [2.05, 4.69) is 37.4 Å². The van der Waals surface area contributed by atoms with Gasteiger partial charge in [-0.05, 0) is 36.3 Å². The highest BCUT2D eigenvalue weighted by atomic mass is 16.2. The third kappa shape index (κ3) is 4.23. The molecular weight excluding hydrogens is 260 g/mol. The standard InChI is InChI=1S/C18H28N2O/c1-13-9-10-14(2)18(11-13)19-17-8-6-5-7-16(17)12-20(4)15(3)21/h5-8,13-14,18-19H,9-12H2,1-4H3. The number of hydrogen-bond donors (Lipinski definition) is 1. The third-order valence-corrected chi connectivity index (χ3v) is 4.76. The number of benzene rings is 1. The molecule has 1 aromatic rings. The van der Waals surface area contributed by atoms with E-state index in [0.29, 0.717) is 18.5 Å². The number of nitrogens with zero attached hydrogens (tertiary/aromatic N) is 1. The molecule has 0 spiro atoms. The van der Waals surface area contributed by atoms with Crippen LogP contribution >= 0.6 is 0 Å². The molecule has 21 heavy (non-hydrogen) atoms. The molecule has 1 aromatic carbocycles. The van der Waals surface area contributed by atoms with Crippen LogP contribution in [-0.2, 0) is 11.3 Å². The monoisotopic (exact) mass is 288 g/mol. The second-order valence-electron chi connectivity index (χ2n) is 6.68. The van der Waals surface area contributed by atoms with Gasteiger partial charge in [-0.25, -0.2) is 0 Å². The summed E-state index contributed by atoms with van der Waals surface area (Å²) in [6.45, 7) is 6.96. The summed E-state index contributed by atoms with van der Waals surface area (Å²) in [7, 11) is 1.85. The number of amides is 1. The summed E-state index contributed by atoms with van der Waals surface area (Å²) >= 11 is 0. The SMILES string of the molecule is CC(=O)N(C)Cc1ccccc1NC1CC(C)CCC1C. The van der Waals surface area contributed by atoms with Crippen LogP contribution < -0.4 is 5.32 Å². The number of rotatable bonds is 4. The molecule has 3 heteroatoms. The van der Waals surface area contributed by atoms with Crippen LogP contribution in [0.2, 0.25) is 0 Å². The van der Waals surface area contributed by atoms with Crippen molar-refractivity contribution in [2.75, 3.05) is 12.4 Å². The van der Waals surface area contributed by atoms with E-state index in [-0.39, 0.29) is 5.91 Å². The number of nitrogens with one attached hydrogen (secondary N) is 1. The van der Waals surface area contributed by atoms with E-state index >= 15 is 0 Å². The van der Waals surface area contributed by atoms with Gasteiger partial charge in [0.25, 0.3) is 0 Å². The Morgan fingerprint density at radius 1 is 1.29 bits per heavy atom. The number of hydrogen-bond acceptors (Lipinski definition) is 2. The van der Waals surface area contributed by atoms with E-state index in [1.807, 2.05) is 13.1 Å². The molecule has 0 heterocycles. The van der Waals surface area contributed by atoms with E-state index in [1.165, 1.54) is 30.5 Å². The molecule has 0 bridgehead atoms. The molecule has 2 rings (SSSR count). The predicted octanol–water partition coefficient (Wildman–Crippen LogP) is 3.90. The van der Waals surface area contributed by atoms with Crippen molar-refractivity contribution in [3.63, 3.8) is 0 Å². The zero-order valence-electron chi connectivity index (χ0n) is 13.7. The van der Waals surface area contributed by atoms with Gasteiger partial charge in [0.05, 0.1) is 0 Å². The fourth-order valence-electron chi connectivity index (χ4n) is 3.10. The van der Waals surface area contributed by atoms with Crippen LogP contribution in [0.3, 0.4) is 0 Å². The third-order valence-electron chi connectivity index (χ3n) is 4.76. The summed E-state index contributed by atoms with van der Waals surface area (Å²) in [5.74, 6) is 1.61. The molecule has 1 N–H and O–H groups in total. The van der Waals surface area contributed by atoms with E-state index in [4.69, 9.17) is 0 Å². The smallest absolute Gasteiger partial charge is 0.219 e. The van der Waals surface area contributed by atoms with E-state index < -0.39 is 0 Å². The van der Waals surface area contributed by atoms with Crippen LogP contribution in [-0.4, -0.2) is 23.9 Å². The Hall–Kier alpha value is -1.51. The number of anilines is 1. The van der Waals surface area contributed by atoms with Gasteiger partial charge in [0, 0.05) is 32.2 Å². The van der Waals surface area contributed by atoms with Crippen molar-refractivity contribution >= 4 is 11.6 Å². The minimum Gasteiger partial charge on any atom is -0.382 e. The maximum absolute atomic E-state index is 11.4. The van der Waals surface area contributed by atoms with Gasteiger partial charge in [-0.3, -0.25) is 4.79 Å². The maximum Gasteiger partial charge on any atom is 0.219 e. The van der Waals surface area contributed by atoms with Crippen molar-refractivity contribution in [1.29, 1.82) is 0 Å². The van der Waals surface area contributed by atoms with Gasteiger partial charge in [0.1, 0.15) is 0 Å². The average molecular weight is 288 g/mol. The van der Waals surface area contributed by atoms with Gasteiger partial charge in [-0.1, -0.05) is 38.5 Å². The van der Waals surface area contributed by atoms with Crippen molar-refractivity contribution in [2.45, 2.75) is 52.6 Å². The van der Waals surface area contributed by atoms with Gasteiger partial charge in [0.15, 0.2) is 0 Å². The van der Waals surface area contributed by atoms with Gasteiger partial charge < -0.3 is 10.2 Å². The number of carbonyl (C=O) groups excluding carboxylic acids is 1. The lowest BCUT2D eigenvalue weighted by molar-refractivity contribution is -0.128. The van der Waals surface area contributed by atoms with E-state index in [9.17, 15) is 4.79 Å². The molecule has 1 saturated carbocycles. The molecule has 0 aliphatic heterocycles. The zero-order chi connectivity index (χ0) is 15.4.